The molecule has 0 aliphatic carbocycles. The number of nitrogens with one attached hydrogen (secondary N) is 1. The van der Waals surface area contributed by atoms with E-state index in [-0.39, 0.29) is 22.9 Å². The number of amides is 1. The van der Waals surface area contributed by atoms with Crippen LogP contribution in [0.4, 0.5) is 5.69 Å². The highest BCUT2D eigenvalue weighted by Crippen LogP contribution is 2.25. The smallest absolute Gasteiger partial charge is 0.339 e. The van der Waals surface area contributed by atoms with Crippen LogP contribution in [-0.4, -0.2) is 41.1 Å². The summed E-state index contributed by atoms with van der Waals surface area (Å²) in [6.45, 7) is 1.76. The first-order valence-electron chi connectivity index (χ1n) is 7.30. The van der Waals surface area contributed by atoms with Gasteiger partial charge in [-0.25, -0.2) is 14.6 Å². The van der Waals surface area contributed by atoms with Gasteiger partial charge in [0, 0.05) is 12.4 Å². The van der Waals surface area contributed by atoms with Gasteiger partial charge in [0.25, 0.3) is 5.91 Å². The molecule has 1 aromatic heterocycles. The van der Waals surface area contributed by atoms with Crippen LogP contribution in [0, 0.1) is 0 Å². The number of carbonyl (C=O) groups is 3. The Labute approximate surface area is 148 Å². The molecule has 0 bridgehead atoms. The number of hydrogen-bond donors (Lipinski definition) is 1. The molecule has 0 saturated carbocycles. The van der Waals surface area contributed by atoms with E-state index in [1.165, 1.54) is 48.6 Å². The van der Waals surface area contributed by atoms with Crippen LogP contribution in [0.15, 0.2) is 36.9 Å². The predicted octanol–water partition coefficient (Wildman–Crippen LogP) is 2.07. The molecule has 0 aliphatic rings. The van der Waals surface area contributed by atoms with E-state index in [2.05, 4.69) is 15.0 Å². The molecule has 1 N–H and O–H groups in total. The second kappa shape index (κ2) is 8.29. The summed E-state index contributed by atoms with van der Waals surface area (Å²) in [5, 5.41) is 2.73. The summed E-state index contributed by atoms with van der Waals surface area (Å²) in [5.41, 5.74) is 0.376. The zero-order valence-electron chi connectivity index (χ0n) is 13.6. The van der Waals surface area contributed by atoms with Crippen LogP contribution in [0.1, 0.15) is 23.3 Å². The normalized spacial score (nSPS) is 11.5. The third-order valence-electron chi connectivity index (χ3n) is 3.23. The molecule has 25 heavy (non-hydrogen) atoms. The lowest BCUT2D eigenvalue weighted by Gasteiger charge is -2.17. The summed E-state index contributed by atoms with van der Waals surface area (Å²) in [7, 11) is 1.24. The fourth-order valence-electron chi connectivity index (χ4n) is 2.07. The van der Waals surface area contributed by atoms with Crippen molar-refractivity contribution in [3.8, 4) is 0 Å². The lowest BCUT2D eigenvalue weighted by molar-refractivity contribution is -0.149. The Hall–Kier alpha value is -2.87. The molecule has 1 atom stereocenters. The predicted molar refractivity (Wildman–Crippen MR) is 89.3 cm³/mol. The van der Waals surface area contributed by atoms with Gasteiger partial charge in [0.15, 0.2) is 0 Å². The number of halogens is 1. The zero-order chi connectivity index (χ0) is 18.4. The Morgan fingerprint density at radius 3 is 2.72 bits per heavy atom. The van der Waals surface area contributed by atoms with Crippen molar-refractivity contribution < 1.29 is 23.9 Å². The molecular weight excluding hydrogens is 350 g/mol. The van der Waals surface area contributed by atoms with E-state index in [1.807, 2.05) is 0 Å². The first kappa shape index (κ1) is 18.5. The van der Waals surface area contributed by atoms with Crippen molar-refractivity contribution in [1.82, 2.24) is 9.55 Å². The second-order valence-electron chi connectivity index (χ2n) is 4.84. The van der Waals surface area contributed by atoms with Gasteiger partial charge in [-0.3, -0.25) is 4.79 Å². The topological polar surface area (TPSA) is 99.5 Å². The summed E-state index contributed by atoms with van der Waals surface area (Å²) in [6.07, 6.45) is 4.23. The highest BCUT2D eigenvalue weighted by atomic mass is 35.5. The van der Waals surface area contributed by atoms with Crippen LogP contribution >= 0.6 is 11.6 Å². The van der Waals surface area contributed by atoms with Gasteiger partial charge < -0.3 is 19.4 Å². The fourth-order valence-corrected chi connectivity index (χ4v) is 2.24. The van der Waals surface area contributed by atoms with Gasteiger partial charge in [-0.15, -0.1) is 0 Å². The van der Waals surface area contributed by atoms with Crippen molar-refractivity contribution in [3.63, 3.8) is 0 Å². The Bertz CT molecular complexity index is 776. The van der Waals surface area contributed by atoms with Crippen molar-refractivity contribution in [2.75, 3.05) is 19.0 Å². The van der Waals surface area contributed by atoms with Gasteiger partial charge in [-0.2, -0.15) is 0 Å². The van der Waals surface area contributed by atoms with E-state index in [0.717, 1.165) is 0 Å². The molecule has 8 nitrogen and oxygen atoms in total. The van der Waals surface area contributed by atoms with Crippen LogP contribution in [0.2, 0.25) is 5.02 Å². The van der Waals surface area contributed by atoms with E-state index in [9.17, 15) is 14.4 Å². The maximum Gasteiger partial charge on any atom is 0.339 e. The van der Waals surface area contributed by atoms with Gasteiger partial charge >= 0.3 is 11.9 Å². The number of rotatable bonds is 6. The molecule has 1 heterocycles. The van der Waals surface area contributed by atoms with E-state index >= 15 is 0 Å². The molecule has 132 valence electrons. The number of ether oxygens (including phenoxy) is 2. The maximum atomic E-state index is 12.6. The number of benzene rings is 1. The summed E-state index contributed by atoms with van der Waals surface area (Å²) in [5.74, 6) is -2.00. The van der Waals surface area contributed by atoms with E-state index in [1.54, 1.807) is 6.92 Å². The number of methoxy groups -OCH3 is 1. The Kier molecular flexibility index (Phi) is 6.13. The average molecular weight is 366 g/mol. The van der Waals surface area contributed by atoms with Gasteiger partial charge in [0.05, 0.1) is 36.3 Å². The van der Waals surface area contributed by atoms with Crippen LogP contribution in [0.25, 0.3) is 0 Å². The molecule has 2 rings (SSSR count). The number of imidazole rings is 1. The number of aromatic nitrogens is 2. The zero-order valence-corrected chi connectivity index (χ0v) is 14.3. The monoisotopic (exact) mass is 365 g/mol. The van der Waals surface area contributed by atoms with E-state index in [4.69, 9.17) is 16.3 Å². The van der Waals surface area contributed by atoms with Crippen LogP contribution in [-0.2, 0) is 19.1 Å². The molecule has 0 aliphatic heterocycles. The van der Waals surface area contributed by atoms with Crippen molar-refractivity contribution in [1.29, 1.82) is 0 Å². The standard InChI is InChI=1S/C16H16ClN3O5/c1-3-25-16(23)13(20-7-6-18-9-20)14(21)19-12-8-10(15(22)24-2)4-5-11(12)17/h4-9,13H,3H2,1-2H3,(H,19,21). The molecule has 9 heteroatoms. The molecule has 1 unspecified atom stereocenters. The summed E-state index contributed by atoms with van der Waals surface area (Å²) in [6, 6.07) is 2.99. The minimum atomic E-state index is -1.28. The van der Waals surface area contributed by atoms with Crippen molar-refractivity contribution in [3.05, 3.63) is 47.5 Å². The molecule has 1 amide bonds. The lowest BCUT2D eigenvalue weighted by Crippen LogP contribution is -2.33. The molecule has 1 aromatic carbocycles. The number of anilines is 1. The van der Waals surface area contributed by atoms with Crippen LogP contribution in [0.3, 0.4) is 0 Å². The third kappa shape index (κ3) is 4.36. The quantitative estimate of drug-likeness (QED) is 0.621. The molecular formula is C16H16ClN3O5. The number of hydrogen-bond acceptors (Lipinski definition) is 6. The van der Waals surface area contributed by atoms with Gasteiger partial charge in [0.1, 0.15) is 0 Å². The van der Waals surface area contributed by atoms with Gasteiger partial charge in [-0.05, 0) is 25.1 Å². The Balaban J connectivity index is 2.29. The largest absolute Gasteiger partial charge is 0.465 e. The molecule has 0 fully saturated rings. The minimum Gasteiger partial charge on any atom is -0.465 e. The highest BCUT2D eigenvalue weighted by molar-refractivity contribution is 6.34. The molecule has 2 aromatic rings. The molecule has 0 saturated heterocycles. The highest BCUT2D eigenvalue weighted by Gasteiger charge is 2.30. The van der Waals surface area contributed by atoms with Crippen LogP contribution in [0.5, 0.6) is 0 Å². The summed E-state index contributed by atoms with van der Waals surface area (Å²) in [4.78, 5) is 40.2. The number of esters is 2. The van der Waals surface area contributed by atoms with Crippen molar-refractivity contribution in [2.45, 2.75) is 13.0 Å². The Morgan fingerprint density at radius 1 is 1.36 bits per heavy atom. The van der Waals surface area contributed by atoms with Crippen molar-refractivity contribution >= 4 is 35.1 Å². The first-order valence-corrected chi connectivity index (χ1v) is 7.68. The molecule has 0 radical (unpaired) electrons. The molecule has 0 spiro atoms. The summed E-state index contributed by atoms with van der Waals surface area (Å²) < 4.78 is 10.9. The van der Waals surface area contributed by atoms with Gasteiger partial charge in [-0.1, -0.05) is 11.6 Å². The Morgan fingerprint density at radius 2 is 2.12 bits per heavy atom. The van der Waals surface area contributed by atoms with Crippen molar-refractivity contribution in [2.24, 2.45) is 0 Å². The van der Waals surface area contributed by atoms with Crippen LogP contribution < -0.4 is 5.32 Å². The first-order chi connectivity index (χ1) is 12.0. The van der Waals surface area contributed by atoms with E-state index in [0.29, 0.717) is 0 Å². The fraction of sp³-hybridized carbons (Fsp3) is 0.250. The third-order valence-corrected chi connectivity index (χ3v) is 3.56. The minimum absolute atomic E-state index is 0.121. The lowest BCUT2D eigenvalue weighted by atomic mass is 10.2. The summed E-state index contributed by atoms with van der Waals surface area (Å²) >= 11 is 6.06. The van der Waals surface area contributed by atoms with Gasteiger partial charge in [0.2, 0.25) is 6.04 Å². The average Bonchev–Trinajstić information content (AvgIpc) is 3.10. The number of nitrogens with zero attached hydrogens (tertiary/aromatic N) is 2. The number of carbonyl (C=O) groups excluding carboxylic acids is 3. The maximum absolute atomic E-state index is 12.6. The van der Waals surface area contributed by atoms with E-state index < -0.39 is 23.9 Å². The SMILES string of the molecule is CCOC(=O)C(C(=O)Nc1cc(C(=O)OC)ccc1Cl)n1ccnc1. The second-order valence-corrected chi connectivity index (χ2v) is 5.25.